The fourth-order valence-corrected chi connectivity index (χ4v) is 5.18. The highest BCUT2D eigenvalue weighted by Gasteiger charge is 2.32. The standard InChI is InChI=1S/C14H18N4O4S2/c1-17(10-5-7-24(20,21)9-10)12(19)8-23-14-16-15-13(18(14)2)11-4-3-6-22-11/h3-4,6,10H,5,7-9H2,1-2H3/t10-/m0/s1. The van der Waals surface area contributed by atoms with E-state index >= 15 is 0 Å². The molecule has 1 aliphatic rings. The summed E-state index contributed by atoms with van der Waals surface area (Å²) in [6.45, 7) is 0. The van der Waals surface area contributed by atoms with E-state index in [1.807, 2.05) is 0 Å². The largest absolute Gasteiger partial charge is 0.461 e. The van der Waals surface area contributed by atoms with Crippen LogP contribution in [0.2, 0.25) is 0 Å². The molecule has 10 heteroatoms. The van der Waals surface area contributed by atoms with E-state index in [4.69, 9.17) is 4.42 Å². The summed E-state index contributed by atoms with van der Waals surface area (Å²) in [5.74, 6) is 1.45. The van der Waals surface area contributed by atoms with Crippen molar-refractivity contribution in [1.29, 1.82) is 0 Å². The molecule has 8 nitrogen and oxygen atoms in total. The predicted molar refractivity (Wildman–Crippen MR) is 89.3 cm³/mol. The van der Waals surface area contributed by atoms with Gasteiger partial charge in [-0.15, -0.1) is 10.2 Å². The summed E-state index contributed by atoms with van der Waals surface area (Å²) < 4.78 is 30.1. The molecule has 1 atom stereocenters. The van der Waals surface area contributed by atoms with Crippen molar-refractivity contribution in [2.75, 3.05) is 24.3 Å². The number of carbonyl (C=O) groups excluding carboxylic acids is 1. The maximum atomic E-state index is 12.3. The van der Waals surface area contributed by atoms with Gasteiger partial charge in [-0.25, -0.2) is 8.42 Å². The van der Waals surface area contributed by atoms with E-state index in [1.165, 1.54) is 16.7 Å². The highest BCUT2D eigenvalue weighted by atomic mass is 32.2. The maximum Gasteiger partial charge on any atom is 0.233 e. The van der Waals surface area contributed by atoms with E-state index in [9.17, 15) is 13.2 Å². The Morgan fingerprint density at radius 1 is 1.50 bits per heavy atom. The van der Waals surface area contributed by atoms with Crippen LogP contribution < -0.4 is 0 Å². The Morgan fingerprint density at radius 2 is 2.29 bits per heavy atom. The van der Waals surface area contributed by atoms with Crippen molar-refractivity contribution in [3.63, 3.8) is 0 Å². The van der Waals surface area contributed by atoms with Gasteiger partial charge in [0.05, 0.1) is 23.5 Å². The SMILES string of the molecule is CN(C(=O)CSc1nnc(-c2ccco2)n1C)[C@H]1CCS(=O)(=O)C1. The second kappa shape index (κ2) is 6.60. The van der Waals surface area contributed by atoms with Gasteiger partial charge in [-0.1, -0.05) is 11.8 Å². The zero-order valence-corrected chi connectivity index (χ0v) is 15.0. The minimum Gasteiger partial charge on any atom is -0.461 e. The van der Waals surface area contributed by atoms with Crippen LogP contribution >= 0.6 is 11.8 Å². The molecule has 2 aromatic heterocycles. The lowest BCUT2D eigenvalue weighted by Gasteiger charge is -2.23. The van der Waals surface area contributed by atoms with Gasteiger partial charge >= 0.3 is 0 Å². The van der Waals surface area contributed by atoms with Gasteiger partial charge in [0.1, 0.15) is 0 Å². The molecule has 0 N–H and O–H groups in total. The third-order valence-electron chi connectivity index (χ3n) is 4.05. The van der Waals surface area contributed by atoms with Crippen LogP contribution in [0.15, 0.2) is 28.0 Å². The van der Waals surface area contributed by atoms with Crippen LogP contribution in [-0.2, 0) is 21.7 Å². The molecule has 1 aliphatic heterocycles. The van der Waals surface area contributed by atoms with Gasteiger partial charge in [0, 0.05) is 20.1 Å². The molecule has 2 aromatic rings. The molecule has 1 fully saturated rings. The van der Waals surface area contributed by atoms with Gasteiger partial charge < -0.3 is 13.9 Å². The number of aromatic nitrogens is 3. The summed E-state index contributed by atoms with van der Waals surface area (Å²) in [6, 6.07) is 3.32. The molecule has 0 unspecified atom stereocenters. The fraction of sp³-hybridized carbons (Fsp3) is 0.500. The first kappa shape index (κ1) is 17.0. The highest BCUT2D eigenvalue weighted by molar-refractivity contribution is 7.99. The molecule has 130 valence electrons. The number of nitrogens with zero attached hydrogens (tertiary/aromatic N) is 4. The molecule has 0 aliphatic carbocycles. The topological polar surface area (TPSA) is 98.3 Å². The first-order valence-electron chi connectivity index (χ1n) is 7.39. The van der Waals surface area contributed by atoms with Crippen molar-refractivity contribution in [2.45, 2.75) is 17.6 Å². The molecule has 3 rings (SSSR count). The molecule has 0 aromatic carbocycles. The van der Waals surface area contributed by atoms with Gasteiger partial charge in [-0.05, 0) is 18.6 Å². The highest BCUT2D eigenvalue weighted by Crippen LogP contribution is 2.24. The molecule has 0 saturated carbocycles. The third-order valence-corrected chi connectivity index (χ3v) is 6.81. The summed E-state index contributed by atoms with van der Waals surface area (Å²) in [5.41, 5.74) is 0. The molecule has 0 spiro atoms. The number of thioether (sulfide) groups is 1. The lowest BCUT2D eigenvalue weighted by atomic mass is 10.2. The van der Waals surface area contributed by atoms with E-state index in [0.29, 0.717) is 23.2 Å². The molecular weight excluding hydrogens is 352 g/mol. The first-order chi connectivity index (χ1) is 11.4. The van der Waals surface area contributed by atoms with Crippen LogP contribution in [0.1, 0.15) is 6.42 Å². The van der Waals surface area contributed by atoms with E-state index in [-0.39, 0.29) is 29.2 Å². The zero-order valence-electron chi connectivity index (χ0n) is 13.4. The van der Waals surface area contributed by atoms with Crippen LogP contribution in [0.4, 0.5) is 0 Å². The van der Waals surface area contributed by atoms with Crippen molar-refractivity contribution in [3.05, 3.63) is 18.4 Å². The van der Waals surface area contributed by atoms with Crippen LogP contribution in [0.5, 0.6) is 0 Å². The zero-order chi connectivity index (χ0) is 17.3. The number of hydrogen-bond donors (Lipinski definition) is 0. The summed E-state index contributed by atoms with van der Waals surface area (Å²) in [7, 11) is 0.448. The number of amides is 1. The lowest BCUT2D eigenvalue weighted by Crippen LogP contribution is -2.38. The number of sulfone groups is 1. The Balaban J connectivity index is 1.61. The summed E-state index contributed by atoms with van der Waals surface area (Å²) in [5, 5.41) is 8.74. The fourth-order valence-electron chi connectivity index (χ4n) is 2.57. The van der Waals surface area contributed by atoms with E-state index in [2.05, 4.69) is 10.2 Å². The van der Waals surface area contributed by atoms with E-state index in [0.717, 1.165) is 0 Å². The van der Waals surface area contributed by atoms with Crippen LogP contribution in [0.25, 0.3) is 11.6 Å². The van der Waals surface area contributed by atoms with Crippen molar-refractivity contribution in [1.82, 2.24) is 19.7 Å². The van der Waals surface area contributed by atoms with Crippen LogP contribution in [0.3, 0.4) is 0 Å². The van der Waals surface area contributed by atoms with Crippen molar-refractivity contribution in [2.24, 2.45) is 7.05 Å². The van der Waals surface area contributed by atoms with Gasteiger partial charge in [-0.3, -0.25) is 4.79 Å². The minimum absolute atomic E-state index is 0.0481. The van der Waals surface area contributed by atoms with Gasteiger partial charge in [0.15, 0.2) is 26.6 Å². The molecule has 1 amide bonds. The van der Waals surface area contributed by atoms with Crippen molar-refractivity contribution >= 4 is 27.5 Å². The molecule has 1 saturated heterocycles. The lowest BCUT2D eigenvalue weighted by molar-refractivity contribution is -0.128. The van der Waals surface area contributed by atoms with Gasteiger partial charge in [0.25, 0.3) is 0 Å². The Hall–Kier alpha value is -1.81. The summed E-state index contributed by atoms with van der Waals surface area (Å²) in [6.07, 6.45) is 2.06. The average molecular weight is 370 g/mol. The molecule has 0 radical (unpaired) electrons. The Morgan fingerprint density at radius 3 is 2.92 bits per heavy atom. The first-order valence-corrected chi connectivity index (χ1v) is 10.2. The average Bonchev–Trinajstić information content (AvgIpc) is 3.24. The minimum atomic E-state index is -3.01. The van der Waals surface area contributed by atoms with Crippen molar-refractivity contribution in [3.8, 4) is 11.6 Å². The molecule has 0 bridgehead atoms. The maximum absolute atomic E-state index is 12.3. The Bertz CT molecular complexity index is 829. The predicted octanol–water partition coefficient (Wildman–Crippen LogP) is 0.813. The number of furan rings is 1. The normalized spacial score (nSPS) is 19.5. The second-order valence-corrected chi connectivity index (χ2v) is 8.86. The Kier molecular flexibility index (Phi) is 4.68. The third kappa shape index (κ3) is 3.48. The smallest absolute Gasteiger partial charge is 0.233 e. The molecule has 24 heavy (non-hydrogen) atoms. The van der Waals surface area contributed by atoms with E-state index in [1.54, 1.807) is 37.1 Å². The summed E-state index contributed by atoms with van der Waals surface area (Å²) in [4.78, 5) is 13.8. The Labute approximate surface area is 144 Å². The number of carbonyl (C=O) groups is 1. The number of hydrogen-bond acceptors (Lipinski definition) is 7. The van der Waals surface area contributed by atoms with Crippen molar-refractivity contribution < 1.29 is 17.6 Å². The number of rotatable bonds is 5. The second-order valence-electron chi connectivity index (χ2n) is 5.69. The molecule has 3 heterocycles. The van der Waals surface area contributed by atoms with Gasteiger partial charge in [0.2, 0.25) is 5.91 Å². The molecular formula is C14H18N4O4S2. The van der Waals surface area contributed by atoms with E-state index < -0.39 is 9.84 Å². The van der Waals surface area contributed by atoms with Gasteiger partial charge in [-0.2, -0.15) is 0 Å². The monoisotopic (exact) mass is 370 g/mol. The summed E-state index contributed by atoms with van der Waals surface area (Å²) >= 11 is 1.27. The van der Waals surface area contributed by atoms with Crippen LogP contribution in [-0.4, -0.2) is 64.3 Å². The van der Waals surface area contributed by atoms with Crippen LogP contribution in [0, 0.1) is 0 Å². The quantitative estimate of drug-likeness (QED) is 0.718.